The van der Waals surface area contributed by atoms with Gasteiger partial charge in [-0.3, -0.25) is 9.59 Å². The highest BCUT2D eigenvalue weighted by atomic mass is 16.2. The second-order valence-electron chi connectivity index (χ2n) is 7.10. The van der Waals surface area contributed by atoms with Gasteiger partial charge in [-0.15, -0.1) is 0 Å². The minimum absolute atomic E-state index is 0.0355. The lowest BCUT2D eigenvalue weighted by molar-refractivity contribution is -0.138. The van der Waals surface area contributed by atoms with Crippen molar-refractivity contribution in [2.45, 2.75) is 57.7 Å². The Morgan fingerprint density at radius 3 is 2.76 bits per heavy atom. The lowest BCUT2D eigenvalue weighted by Gasteiger charge is -2.40. The Morgan fingerprint density at radius 1 is 1.28 bits per heavy atom. The van der Waals surface area contributed by atoms with Gasteiger partial charge in [0.15, 0.2) is 0 Å². The first-order chi connectivity index (χ1) is 12.0. The van der Waals surface area contributed by atoms with Crippen LogP contribution in [-0.4, -0.2) is 40.2 Å². The lowest BCUT2D eigenvalue weighted by Crippen LogP contribution is -2.52. The first-order valence-corrected chi connectivity index (χ1v) is 9.10. The van der Waals surface area contributed by atoms with Crippen molar-refractivity contribution in [1.82, 2.24) is 9.80 Å². The fourth-order valence-corrected chi connectivity index (χ4v) is 4.01. The molecule has 0 bridgehead atoms. The van der Waals surface area contributed by atoms with E-state index in [2.05, 4.69) is 0 Å². The van der Waals surface area contributed by atoms with E-state index < -0.39 is 0 Å². The average Bonchev–Trinajstić information content (AvgIpc) is 2.61. The van der Waals surface area contributed by atoms with Crippen molar-refractivity contribution in [3.63, 3.8) is 0 Å². The van der Waals surface area contributed by atoms with Crippen molar-refractivity contribution in [2.24, 2.45) is 5.73 Å². The van der Waals surface area contributed by atoms with Gasteiger partial charge in [0.1, 0.15) is 0 Å². The van der Waals surface area contributed by atoms with Gasteiger partial charge in [0.25, 0.3) is 0 Å². The molecular weight excluding hydrogens is 314 g/mol. The van der Waals surface area contributed by atoms with Gasteiger partial charge >= 0.3 is 0 Å². The largest absolute Gasteiger partial charge is 0.338 e. The smallest absolute Gasteiger partial charge is 0.225 e. The van der Waals surface area contributed by atoms with Crippen LogP contribution in [0.5, 0.6) is 0 Å². The molecule has 2 amide bonds. The summed E-state index contributed by atoms with van der Waals surface area (Å²) in [7, 11) is 0. The SMILES string of the molecule is CC(=O)N1C=Cc2ccccc2C1CC(=O)N1CCCCC1C(C)N. The number of benzene rings is 1. The normalized spacial score (nSPS) is 24.0. The van der Waals surface area contributed by atoms with E-state index in [4.69, 9.17) is 5.73 Å². The molecule has 5 nitrogen and oxygen atoms in total. The summed E-state index contributed by atoms with van der Waals surface area (Å²) in [6.07, 6.45) is 7.12. The third kappa shape index (κ3) is 3.61. The van der Waals surface area contributed by atoms with Gasteiger partial charge in [0.2, 0.25) is 11.8 Å². The topological polar surface area (TPSA) is 66.6 Å². The van der Waals surface area contributed by atoms with Crippen molar-refractivity contribution in [3.8, 4) is 0 Å². The highest BCUT2D eigenvalue weighted by Gasteiger charge is 2.34. The number of hydrogen-bond donors (Lipinski definition) is 1. The van der Waals surface area contributed by atoms with Crippen LogP contribution in [0, 0.1) is 0 Å². The monoisotopic (exact) mass is 341 g/mol. The van der Waals surface area contributed by atoms with Gasteiger partial charge in [-0.05, 0) is 43.4 Å². The van der Waals surface area contributed by atoms with Crippen molar-refractivity contribution in [2.75, 3.05) is 6.54 Å². The molecule has 1 aromatic rings. The molecule has 0 aromatic heterocycles. The van der Waals surface area contributed by atoms with Crippen LogP contribution in [0.25, 0.3) is 6.08 Å². The minimum atomic E-state index is -0.248. The van der Waals surface area contributed by atoms with Crippen LogP contribution in [0.2, 0.25) is 0 Å². The van der Waals surface area contributed by atoms with Crippen LogP contribution < -0.4 is 5.73 Å². The predicted molar refractivity (Wildman–Crippen MR) is 98.4 cm³/mol. The number of piperidine rings is 1. The molecule has 134 valence electrons. The molecule has 2 aliphatic rings. The first-order valence-electron chi connectivity index (χ1n) is 9.10. The van der Waals surface area contributed by atoms with Crippen molar-refractivity contribution >= 4 is 17.9 Å². The zero-order valence-electron chi connectivity index (χ0n) is 15.0. The van der Waals surface area contributed by atoms with E-state index in [1.54, 1.807) is 18.0 Å². The second kappa shape index (κ2) is 7.40. The average molecular weight is 341 g/mol. The fraction of sp³-hybridized carbons (Fsp3) is 0.500. The maximum absolute atomic E-state index is 13.1. The highest BCUT2D eigenvalue weighted by molar-refractivity contribution is 5.82. The molecule has 1 aromatic carbocycles. The molecular formula is C20H27N3O2. The first kappa shape index (κ1) is 17.7. The van der Waals surface area contributed by atoms with Crippen LogP contribution in [0.4, 0.5) is 0 Å². The summed E-state index contributed by atoms with van der Waals surface area (Å²) < 4.78 is 0. The molecule has 1 saturated heterocycles. The summed E-state index contributed by atoms with van der Waals surface area (Å²) in [6, 6.07) is 7.77. The van der Waals surface area contributed by atoms with Crippen molar-refractivity contribution in [1.29, 1.82) is 0 Å². The molecule has 2 aliphatic heterocycles. The van der Waals surface area contributed by atoms with Gasteiger partial charge < -0.3 is 15.5 Å². The summed E-state index contributed by atoms with van der Waals surface area (Å²) in [6.45, 7) is 4.27. The number of carbonyl (C=O) groups is 2. The third-order valence-corrected chi connectivity index (χ3v) is 5.31. The Balaban J connectivity index is 1.85. The summed E-state index contributed by atoms with van der Waals surface area (Å²) in [5.74, 6) is 0.0364. The van der Waals surface area contributed by atoms with E-state index in [-0.39, 0.29) is 29.9 Å². The quantitative estimate of drug-likeness (QED) is 0.919. The van der Waals surface area contributed by atoms with E-state index in [1.165, 1.54) is 0 Å². The molecule has 2 N–H and O–H groups in total. The van der Waals surface area contributed by atoms with E-state index in [0.717, 1.165) is 36.9 Å². The molecule has 0 spiro atoms. The van der Waals surface area contributed by atoms with Gasteiger partial charge in [0, 0.05) is 31.8 Å². The maximum atomic E-state index is 13.1. The number of hydrogen-bond acceptors (Lipinski definition) is 3. The number of likely N-dealkylation sites (tertiary alicyclic amines) is 1. The van der Waals surface area contributed by atoms with Gasteiger partial charge in [-0.2, -0.15) is 0 Å². The maximum Gasteiger partial charge on any atom is 0.225 e. The van der Waals surface area contributed by atoms with Crippen LogP contribution in [0.15, 0.2) is 30.5 Å². The molecule has 25 heavy (non-hydrogen) atoms. The molecule has 5 heteroatoms. The Kier molecular flexibility index (Phi) is 5.23. The van der Waals surface area contributed by atoms with E-state index in [9.17, 15) is 9.59 Å². The van der Waals surface area contributed by atoms with Crippen LogP contribution in [0.1, 0.15) is 56.7 Å². The fourth-order valence-electron chi connectivity index (χ4n) is 4.01. The molecule has 2 heterocycles. The Hall–Kier alpha value is -2.14. The minimum Gasteiger partial charge on any atom is -0.338 e. The Labute approximate surface area is 149 Å². The summed E-state index contributed by atoms with van der Waals surface area (Å²) in [4.78, 5) is 28.8. The van der Waals surface area contributed by atoms with E-state index >= 15 is 0 Å². The summed E-state index contributed by atoms with van der Waals surface area (Å²) >= 11 is 0. The summed E-state index contributed by atoms with van der Waals surface area (Å²) in [5, 5.41) is 0. The molecule has 3 atom stereocenters. The van der Waals surface area contributed by atoms with E-state index in [0.29, 0.717) is 6.42 Å². The number of nitrogens with zero attached hydrogens (tertiary/aromatic N) is 2. The molecule has 3 rings (SSSR count). The molecule has 3 unspecified atom stereocenters. The van der Waals surface area contributed by atoms with Crippen LogP contribution in [0.3, 0.4) is 0 Å². The van der Waals surface area contributed by atoms with Gasteiger partial charge in [0.05, 0.1) is 12.5 Å². The number of fused-ring (bicyclic) bond motifs is 1. The number of carbonyl (C=O) groups excluding carboxylic acids is 2. The second-order valence-corrected chi connectivity index (χ2v) is 7.10. The predicted octanol–water partition coefficient (Wildman–Crippen LogP) is 2.68. The molecule has 0 aliphatic carbocycles. The van der Waals surface area contributed by atoms with Gasteiger partial charge in [-0.25, -0.2) is 0 Å². The Morgan fingerprint density at radius 2 is 2.04 bits per heavy atom. The standard InChI is InChI=1S/C20H27N3O2/c1-14(21)18-9-5-6-11-23(18)20(25)13-19-17-8-4-3-7-16(17)10-12-22(19)15(2)24/h3-4,7-8,10,12,14,18-19H,5-6,9,11,13,21H2,1-2H3. The number of nitrogens with two attached hydrogens (primary N) is 1. The van der Waals surface area contributed by atoms with Crippen LogP contribution in [-0.2, 0) is 9.59 Å². The lowest BCUT2D eigenvalue weighted by atomic mass is 9.91. The molecule has 1 fully saturated rings. The van der Waals surface area contributed by atoms with Crippen molar-refractivity contribution in [3.05, 3.63) is 41.6 Å². The molecule has 0 saturated carbocycles. The zero-order valence-corrected chi connectivity index (χ0v) is 15.0. The van der Waals surface area contributed by atoms with Gasteiger partial charge in [-0.1, -0.05) is 24.3 Å². The molecule has 0 radical (unpaired) electrons. The zero-order chi connectivity index (χ0) is 18.0. The number of rotatable bonds is 3. The number of amides is 2. The Bertz CT molecular complexity index is 683. The highest BCUT2D eigenvalue weighted by Crippen LogP contribution is 2.34. The van der Waals surface area contributed by atoms with Crippen LogP contribution >= 0.6 is 0 Å². The third-order valence-electron chi connectivity index (χ3n) is 5.31. The van der Waals surface area contributed by atoms with Crippen molar-refractivity contribution < 1.29 is 9.59 Å². The van der Waals surface area contributed by atoms with E-state index in [1.807, 2.05) is 42.2 Å². The summed E-state index contributed by atoms with van der Waals surface area (Å²) in [5.41, 5.74) is 8.21.